The van der Waals surface area contributed by atoms with E-state index in [0.29, 0.717) is 46.3 Å². The molecule has 2 atom stereocenters. The van der Waals surface area contributed by atoms with E-state index in [1.807, 2.05) is 10.3 Å². The van der Waals surface area contributed by atoms with Crippen LogP contribution in [0.15, 0.2) is 62.7 Å². The molecular formula is C24H24BrFN4O5S. The van der Waals surface area contributed by atoms with E-state index in [-0.39, 0.29) is 24.8 Å². The quantitative estimate of drug-likeness (QED) is 0.362. The Morgan fingerprint density at radius 2 is 2.28 bits per heavy atom. The summed E-state index contributed by atoms with van der Waals surface area (Å²) < 4.78 is 25.3. The van der Waals surface area contributed by atoms with Crippen molar-refractivity contribution in [2.24, 2.45) is 4.99 Å². The van der Waals surface area contributed by atoms with Crippen LogP contribution in [0.1, 0.15) is 23.5 Å². The number of ether oxygens (including phenoxy) is 2. The molecule has 3 heterocycles. The second kappa shape index (κ2) is 11.9. The first kappa shape index (κ1) is 26.1. The van der Waals surface area contributed by atoms with E-state index in [0.717, 1.165) is 6.08 Å². The van der Waals surface area contributed by atoms with Crippen molar-refractivity contribution in [1.82, 2.24) is 15.2 Å². The SMILES string of the molecule is CCOC(=O)C1=C(CN2CCOCC2/C=C/C(=O)O)NC(c2nccs2)=NC1c1ccc(F)cc1Br. The van der Waals surface area contributed by atoms with Gasteiger partial charge in [-0.25, -0.2) is 19.0 Å². The van der Waals surface area contributed by atoms with Crippen LogP contribution in [0.3, 0.4) is 0 Å². The van der Waals surface area contributed by atoms with Crippen LogP contribution in [0.25, 0.3) is 0 Å². The fourth-order valence-electron chi connectivity index (χ4n) is 3.99. The van der Waals surface area contributed by atoms with Crippen LogP contribution in [0.2, 0.25) is 0 Å². The highest BCUT2D eigenvalue weighted by Crippen LogP contribution is 2.37. The van der Waals surface area contributed by atoms with Gasteiger partial charge in [0, 0.05) is 40.9 Å². The van der Waals surface area contributed by atoms with Gasteiger partial charge in [-0.15, -0.1) is 11.3 Å². The molecule has 1 fully saturated rings. The van der Waals surface area contributed by atoms with Gasteiger partial charge in [0.1, 0.15) is 11.9 Å². The molecule has 2 N–H and O–H groups in total. The topological polar surface area (TPSA) is 113 Å². The Labute approximate surface area is 219 Å². The molecule has 190 valence electrons. The van der Waals surface area contributed by atoms with E-state index in [1.54, 1.807) is 25.3 Å². The molecule has 0 aliphatic carbocycles. The summed E-state index contributed by atoms with van der Waals surface area (Å²) in [6, 6.07) is 3.13. The number of thiazole rings is 1. The maximum absolute atomic E-state index is 13.9. The van der Waals surface area contributed by atoms with Crippen LogP contribution in [0, 0.1) is 5.82 Å². The Bertz CT molecular complexity index is 1220. The number of halogens is 2. The number of carboxylic acid groups (broad SMARTS) is 1. The Kier molecular flexibility index (Phi) is 8.62. The Morgan fingerprint density at radius 1 is 1.44 bits per heavy atom. The van der Waals surface area contributed by atoms with Gasteiger partial charge >= 0.3 is 11.9 Å². The summed E-state index contributed by atoms with van der Waals surface area (Å²) in [5.41, 5.74) is 1.43. The van der Waals surface area contributed by atoms with Crippen LogP contribution >= 0.6 is 27.3 Å². The molecular weight excluding hydrogens is 555 g/mol. The largest absolute Gasteiger partial charge is 0.478 e. The molecule has 0 bridgehead atoms. The molecule has 2 aliphatic rings. The predicted octanol–water partition coefficient (Wildman–Crippen LogP) is 3.29. The van der Waals surface area contributed by atoms with E-state index < -0.39 is 23.8 Å². The molecule has 2 aromatic rings. The number of carbonyl (C=O) groups excluding carboxylic acids is 1. The van der Waals surface area contributed by atoms with Crippen LogP contribution in [-0.4, -0.2) is 71.7 Å². The monoisotopic (exact) mass is 578 g/mol. The third kappa shape index (κ3) is 6.06. The average molecular weight is 579 g/mol. The number of amidine groups is 1. The molecule has 1 aromatic heterocycles. The number of morpholine rings is 1. The number of carbonyl (C=O) groups is 2. The molecule has 1 aromatic carbocycles. The molecule has 0 saturated carbocycles. The van der Waals surface area contributed by atoms with Crippen molar-refractivity contribution >= 4 is 45.0 Å². The van der Waals surface area contributed by atoms with Gasteiger partial charge in [-0.3, -0.25) is 9.89 Å². The molecule has 0 amide bonds. The number of nitrogens with one attached hydrogen (secondary N) is 1. The summed E-state index contributed by atoms with van der Waals surface area (Å²) in [5, 5.41) is 14.8. The molecule has 4 rings (SSSR count). The summed E-state index contributed by atoms with van der Waals surface area (Å²) in [6.45, 7) is 3.44. The zero-order valence-corrected chi connectivity index (χ0v) is 21.7. The highest BCUT2D eigenvalue weighted by atomic mass is 79.9. The Morgan fingerprint density at radius 3 is 2.97 bits per heavy atom. The van der Waals surface area contributed by atoms with E-state index in [1.165, 1.54) is 23.5 Å². The minimum Gasteiger partial charge on any atom is -0.478 e. The van der Waals surface area contributed by atoms with Gasteiger partial charge in [0.15, 0.2) is 10.8 Å². The smallest absolute Gasteiger partial charge is 0.338 e. The lowest BCUT2D eigenvalue weighted by molar-refractivity contribution is -0.139. The standard InChI is InChI=1S/C24H24BrFN4O5S/c1-2-35-24(33)20-18(12-30-8-9-34-13-15(30)4-6-19(31)32)28-22(23-27-7-10-36-23)29-21(20)16-5-3-14(26)11-17(16)25/h3-7,10-11,15,21H,2,8-9,12-13H2,1H3,(H,28,29)(H,31,32)/b6-4+. The summed E-state index contributed by atoms with van der Waals surface area (Å²) in [5.74, 6) is -1.55. The Hall–Kier alpha value is -2.93. The van der Waals surface area contributed by atoms with Crippen LogP contribution in [-0.2, 0) is 19.1 Å². The van der Waals surface area contributed by atoms with Crippen LogP contribution in [0.5, 0.6) is 0 Å². The normalized spacial score (nSPS) is 20.8. The number of hydrogen-bond acceptors (Lipinski definition) is 9. The van der Waals surface area contributed by atoms with Crippen LogP contribution < -0.4 is 5.32 Å². The molecule has 9 nitrogen and oxygen atoms in total. The number of aliphatic carboxylic acids is 1. The predicted molar refractivity (Wildman–Crippen MR) is 135 cm³/mol. The Balaban J connectivity index is 1.80. The molecule has 36 heavy (non-hydrogen) atoms. The summed E-state index contributed by atoms with van der Waals surface area (Å²) >= 11 is 4.81. The number of rotatable bonds is 8. The van der Waals surface area contributed by atoms with Crippen molar-refractivity contribution in [3.63, 3.8) is 0 Å². The number of hydrogen-bond donors (Lipinski definition) is 2. The fraction of sp³-hybridized carbons (Fsp3) is 0.333. The first-order valence-corrected chi connectivity index (χ1v) is 12.9. The van der Waals surface area contributed by atoms with Crippen molar-refractivity contribution in [3.8, 4) is 0 Å². The molecule has 2 aliphatic heterocycles. The van der Waals surface area contributed by atoms with Gasteiger partial charge in [0.05, 0.1) is 31.4 Å². The number of aromatic nitrogens is 1. The molecule has 1 saturated heterocycles. The number of aliphatic imine (C=N–C) groups is 1. The van der Waals surface area contributed by atoms with Crippen molar-refractivity contribution in [1.29, 1.82) is 0 Å². The first-order valence-electron chi connectivity index (χ1n) is 11.2. The van der Waals surface area contributed by atoms with Crippen LogP contribution in [0.4, 0.5) is 4.39 Å². The highest BCUT2D eigenvalue weighted by molar-refractivity contribution is 9.10. The zero-order valence-electron chi connectivity index (χ0n) is 19.3. The van der Waals surface area contributed by atoms with Gasteiger partial charge in [-0.1, -0.05) is 28.1 Å². The van der Waals surface area contributed by atoms with E-state index in [4.69, 9.17) is 19.6 Å². The number of esters is 1. The molecule has 12 heteroatoms. The zero-order chi connectivity index (χ0) is 25.7. The molecule has 0 radical (unpaired) electrons. The minimum atomic E-state index is -1.05. The number of nitrogens with zero attached hydrogens (tertiary/aromatic N) is 3. The van der Waals surface area contributed by atoms with Gasteiger partial charge in [0.25, 0.3) is 0 Å². The third-order valence-corrected chi connectivity index (χ3v) is 7.08. The maximum atomic E-state index is 13.9. The lowest BCUT2D eigenvalue weighted by Crippen LogP contribution is -2.48. The first-order chi connectivity index (χ1) is 17.4. The van der Waals surface area contributed by atoms with Crippen molar-refractivity contribution < 1.29 is 28.6 Å². The van der Waals surface area contributed by atoms with Gasteiger partial charge in [-0.05, 0) is 24.6 Å². The average Bonchev–Trinajstić information content (AvgIpc) is 3.38. The number of carboxylic acids is 1. The molecule has 0 spiro atoms. The maximum Gasteiger partial charge on any atom is 0.338 e. The highest BCUT2D eigenvalue weighted by Gasteiger charge is 2.35. The van der Waals surface area contributed by atoms with E-state index in [9.17, 15) is 14.0 Å². The van der Waals surface area contributed by atoms with Crippen molar-refractivity contribution in [2.75, 3.05) is 32.9 Å². The van der Waals surface area contributed by atoms with E-state index >= 15 is 0 Å². The third-order valence-electron chi connectivity index (χ3n) is 5.62. The van der Waals surface area contributed by atoms with Gasteiger partial charge in [0.2, 0.25) is 0 Å². The molecule has 2 unspecified atom stereocenters. The minimum absolute atomic E-state index is 0.164. The second-order valence-corrected chi connectivity index (χ2v) is 9.68. The van der Waals surface area contributed by atoms with Crippen molar-refractivity contribution in [3.05, 3.63) is 74.1 Å². The van der Waals surface area contributed by atoms with Gasteiger partial charge < -0.3 is 19.9 Å². The number of benzene rings is 1. The second-order valence-electron chi connectivity index (χ2n) is 7.93. The lowest BCUT2D eigenvalue weighted by Gasteiger charge is -2.36. The fourth-order valence-corrected chi connectivity index (χ4v) is 5.15. The van der Waals surface area contributed by atoms with E-state index in [2.05, 4.69) is 26.2 Å². The summed E-state index contributed by atoms with van der Waals surface area (Å²) in [4.78, 5) is 35.6. The lowest BCUT2D eigenvalue weighted by atomic mass is 9.95. The summed E-state index contributed by atoms with van der Waals surface area (Å²) in [6.07, 6.45) is 4.31. The van der Waals surface area contributed by atoms with Crippen molar-refractivity contribution in [2.45, 2.75) is 19.0 Å². The van der Waals surface area contributed by atoms with Gasteiger partial charge in [-0.2, -0.15) is 0 Å². The summed E-state index contributed by atoms with van der Waals surface area (Å²) in [7, 11) is 0.